The number of hydrogen-bond donors (Lipinski definition) is 1. The predicted molar refractivity (Wildman–Crippen MR) is 74.8 cm³/mol. The van der Waals surface area contributed by atoms with Crippen molar-refractivity contribution in [2.45, 2.75) is 10.6 Å². The smallest absolute Gasteiger partial charge is 0.273 e. The Hall–Kier alpha value is -2.48. The molecule has 2 aromatic rings. The molecule has 0 heterocycles. The fourth-order valence-corrected chi connectivity index (χ4v) is 3.29. The molecule has 0 unspecified atom stereocenters. The summed E-state index contributed by atoms with van der Waals surface area (Å²) in [7, 11) is -3.94. The second-order valence-electron chi connectivity index (χ2n) is 4.37. The molecule has 0 saturated carbocycles. The summed E-state index contributed by atoms with van der Waals surface area (Å²) < 4.78 is 37.7. The van der Waals surface area contributed by atoms with Gasteiger partial charge in [0, 0.05) is 17.3 Å². The van der Waals surface area contributed by atoms with Crippen LogP contribution in [0.4, 0.5) is 15.8 Å². The summed E-state index contributed by atoms with van der Waals surface area (Å²) in [6, 6.07) is 8.44. The van der Waals surface area contributed by atoms with E-state index < -0.39 is 26.3 Å². The number of benzene rings is 2. The third kappa shape index (κ3) is 3.34. The van der Waals surface area contributed by atoms with E-state index in [0.717, 1.165) is 18.2 Å². The van der Waals surface area contributed by atoms with Crippen LogP contribution in [0, 0.1) is 15.9 Å². The van der Waals surface area contributed by atoms with Crippen LogP contribution in [0.1, 0.15) is 5.56 Å². The van der Waals surface area contributed by atoms with Crippen LogP contribution < -0.4 is 5.73 Å². The Balaban J connectivity index is 2.45. The number of halogens is 1. The van der Waals surface area contributed by atoms with Crippen LogP contribution in [0.3, 0.4) is 0 Å². The van der Waals surface area contributed by atoms with Gasteiger partial charge in [-0.3, -0.25) is 10.1 Å². The topological polar surface area (TPSA) is 103 Å². The minimum Gasteiger partial charge on any atom is -0.399 e. The normalized spacial score (nSPS) is 11.3. The molecule has 0 spiro atoms. The van der Waals surface area contributed by atoms with Gasteiger partial charge in [-0.25, -0.2) is 12.8 Å². The van der Waals surface area contributed by atoms with Gasteiger partial charge in [0.2, 0.25) is 0 Å². The molecule has 2 rings (SSSR count). The molecule has 2 aromatic carbocycles. The largest absolute Gasteiger partial charge is 0.399 e. The lowest BCUT2D eigenvalue weighted by molar-refractivity contribution is -0.385. The first-order chi connectivity index (χ1) is 9.79. The Morgan fingerprint density at radius 2 is 1.86 bits per heavy atom. The Bertz CT molecular complexity index is 785. The summed E-state index contributed by atoms with van der Waals surface area (Å²) in [4.78, 5) is 9.91. The van der Waals surface area contributed by atoms with Gasteiger partial charge in [0.1, 0.15) is 5.82 Å². The van der Waals surface area contributed by atoms with E-state index in [-0.39, 0.29) is 21.8 Å². The molecular weight excluding hydrogens is 299 g/mol. The fourth-order valence-electron chi connectivity index (χ4n) is 1.86. The highest BCUT2D eigenvalue weighted by Gasteiger charge is 2.22. The number of sulfone groups is 1. The highest BCUT2D eigenvalue weighted by Crippen LogP contribution is 2.25. The second-order valence-corrected chi connectivity index (χ2v) is 6.35. The van der Waals surface area contributed by atoms with Crippen molar-refractivity contribution in [2.75, 3.05) is 5.73 Å². The molecule has 110 valence electrons. The van der Waals surface area contributed by atoms with Crippen molar-refractivity contribution >= 4 is 21.2 Å². The average molecular weight is 310 g/mol. The summed E-state index contributed by atoms with van der Waals surface area (Å²) >= 11 is 0. The molecule has 0 radical (unpaired) electrons. The van der Waals surface area contributed by atoms with Crippen LogP contribution in [0.5, 0.6) is 0 Å². The van der Waals surface area contributed by atoms with Crippen molar-refractivity contribution in [2.24, 2.45) is 0 Å². The molecule has 0 amide bonds. The van der Waals surface area contributed by atoms with Crippen LogP contribution in [0.25, 0.3) is 0 Å². The number of nitro benzene ring substituents is 1. The molecule has 0 fully saturated rings. The average Bonchev–Trinajstić information content (AvgIpc) is 2.37. The SMILES string of the molecule is Nc1cc(F)cc(S(=O)(=O)Cc2ccccc2[N+](=O)[O-])c1. The molecule has 0 aliphatic rings. The number of anilines is 1. The summed E-state index contributed by atoms with van der Waals surface area (Å²) in [5.41, 5.74) is 5.12. The van der Waals surface area contributed by atoms with Crippen molar-refractivity contribution in [1.29, 1.82) is 0 Å². The lowest BCUT2D eigenvalue weighted by Crippen LogP contribution is -2.08. The Labute approximate surface area is 120 Å². The van der Waals surface area contributed by atoms with E-state index in [0.29, 0.717) is 0 Å². The zero-order chi connectivity index (χ0) is 15.6. The van der Waals surface area contributed by atoms with Crippen molar-refractivity contribution in [3.8, 4) is 0 Å². The minimum absolute atomic E-state index is 0.0314. The molecule has 2 N–H and O–H groups in total. The lowest BCUT2D eigenvalue weighted by atomic mass is 10.2. The Morgan fingerprint density at radius 3 is 2.48 bits per heavy atom. The molecule has 6 nitrogen and oxygen atoms in total. The predicted octanol–water partition coefficient (Wildman–Crippen LogP) is 2.29. The fraction of sp³-hybridized carbons (Fsp3) is 0.0769. The molecule has 0 aliphatic heterocycles. The van der Waals surface area contributed by atoms with Crippen LogP contribution >= 0.6 is 0 Å². The van der Waals surface area contributed by atoms with E-state index in [4.69, 9.17) is 5.73 Å². The first-order valence-corrected chi connectivity index (χ1v) is 7.46. The van der Waals surface area contributed by atoms with Crippen molar-refractivity contribution in [3.63, 3.8) is 0 Å². The number of nitrogen functional groups attached to an aromatic ring is 1. The third-order valence-corrected chi connectivity index (χ3v) is 4.43. The lowest BCUT2D eigenvalue weighted by Gasteiger charge is -2.06. The van der Waals surface area contributed by atoms with Gasteiger partial charge in [-0.05, 0) is 18.2 Å². The van der Waals surface area contributed by atoms with E-state index >= 15 is 0 Å². The summed E-state index contributed by atoms with van der Waals surface area (Å²) in [6.45, 7) is 0. The highest BCUT2D eigenvalue weighted by molar-refractivity contribution is 7.90. The number of para-hydroxylation sites is 1. The Morgan fingerprint density at radius 1 is 1.19 bits per heavy atom. The summed E-state index contributed by atoms with van der Waals surface area (Å²) in [5.74, 6) is -1.39. The summed E-state index contributed by atoms with van der Waals surface area (Å²) in [6.07, 6.45) is 0. The molecule has 0 aromatic heterocycles. The van der Waals surface area contributed by atoms with Gasteiger partial charge in [-0.1, -0.05) is 18.2 Å². The van der Waals surface area contributed by atoms with E-state index in [1.165, 1.54) is 24.3 Å². The van der Waals surface area contributed by atoms with Crippen molar-refractivity contribution in [3.05, 3.63) is 64.0 Å². The van der Waals surface area contributed by atoms with Crippen molar-refractivity contribution < 1.29 is 17.7 Å². The quantitative estimate of drug-likeness (QED) is 0.530. The van der Waals surface area contributed by atoms with Crippen LogP contribution in [-0.2, 0) is 15.6 Å². The van der Waals surface area contributed by atoms with E-state index in [9.17, 15) is 22.9 Å². The van der Waals surface area contributed by atoms with Gasteiger partial charge < -0.3 is 5.73 Å². The molecule has 0 atom stereocenters. The van der Waals surface area contributed by atoms with E-state index in [1.54, 1.807) is 0 Å². The highest BCUT2D eigenvalue weighted by atomic mass is 32.2. The van der Waals surface area contributed by atoms with Gasteiger partial charge in [-0.2, -0.15) is 0 Å². The second kappa shape index (κ2) is 5.49. The van der Waals surface area contributed by atoms with Gasteiger partial charge in [-0.15, -0.1) is 0 Å². The molecular formula is C13H11FN2O4S. The monoisotopic (exact) mass is 310 g/mol. The van der Waals surface area contributed by atoms with E-state index in [2.05, 4.69) is 0 Å². The first-order valence-electron chi connectivity index (χ1n) is 5.81. The number of nitro groups is 1. The van der Waals surface area contributed by atoms with E-state index in [1.807, 2.05) is 0 Å². The molecule has 0 aliphatic carbocycles. The number of nitrogens with two attached hydrogens (primary N) is 1. The van der Waals surface area contributed by atoms with Gasteiger partial charge in [0.25, 0.3) is 5.69 Å². The molecule has 0 saturated heterocycles. The van der Waals surface area contributed by atoms with Gasteiger partial charge >= 0.3 is 0 Å². The Kier molecular flexibility index (Phi) is 3.90. The molecule has 0 bridgehead atoms. The molecule has 21 heavy (non-hydrogen) atoms. The molecule has 8 heteroatoms. The number of rotatable bonds is 4. The maximum atomic E-state index is 13.3. The minimum atomic E-state index is -3.94. The van der Waals surface area contributed by atoms with Crippen LogP contribution in [0.15, 0.2) is 47.4 Å². The van der Waals surface area contributed by atoms with Gasteiger partial charge in [0.15, 0.2) is 9.84 Å². The number of nitrogens with zero attached hydrogens (tertiary/aromatic N) is 1. The number of hydrogen-bond acceptors (Lipinski definition) is 5. The van der Waals surface area contributed by atoms with Gasteiger partial charge in [0.05, 0.1) is 15.6 Å². The standard InChI is InChI=1S/C13H11FN2O4S/c14-10-5-11(15)7-12(6-10)21(19,20)8-9-3-1-2-4-13(9)16(17)18/h1-7H,8,15H2. The summed E-state index contributed by atoms with van der Waals surface area (Å²) in [5, 5.41) is 10.9. The maximum absolute atomic E-state index is 13.3. The zero-order valence-electron chi connectivity index (χ0n) is 10.7. The van der Waals surface area contributed by atoms with Crippen molar-refractivity contribution in [1.82, 2.24) is 0 Å². The van der Waals surface area contributed by atoms with Crippen LogP contribution in [0.2, 0.25) is 0 Å². The third-order valence-electron chi connectivity index (χ3n) is 2.79. The zero-order valence-corrected chi connectivity index (χ0v) is 11.5. The first kappa shape index (κ1) is 14.9. The maximum Gasteiger partial charge on any atom is 0.273 e. The van der Waals surface area contributed by atoms with Crippen LogP contribution in [-0.4, -0.2) is 13.3 Å².